The summed E-state index contributed by atoms with van der Waals surface area (Å²) in [6.07, 6.45) is 9.29. The van der Waals surface area contributed by atoms with Crippen LogP contribution in [0.15, 0.2) is 59.5 Å². The first-order valence-corrected chi connectivity index (χ1v) is 10.8. The second-order valence-corrected chi connectivity index (χ2v) is 8.04. The van der Waals surface area contributed by atoms with Crippen LogP contribution in [0.1, 0.15) is 40.2 Å². The van der Waals surface area contributed by atoms with Crippen molar-refractivity contribution >= 4 is 33.8 Å². The van der Waals surface area contributed by atoms with E-state index in [1.165, 1.54) is 0 Å². The Morgan fingerprint density at radius 2 is 1.94 bits per heavy atom. The molecule has 0 aliphatic carbocycles. The minimum atomic E-state index is -0.216. The third-order valence-electron chi connectivity index (χ3n) is 6.03. The number of nitrogens with zero attached hydrogens (tertiary/aromatic N) is 4. The second kappa shape index (κ2) is 8.74. The quantitative estimate of drug-likeness (QED) is 0.521. The van der Waals surface area contributed by atoms with Crippen LogP contribution >= 0.6 is 0 Å². The molecule has 0 aromatic carbocycles. The molecule has 1 N–H and O–H groups in total. The fourth-order valence-corrected chi connectivity index (χ4v) is 4.24. The molecule has 4 aromatic rings. The van der Waals surface area contributed by atoms with E-state index in [1.807, 2.05) is 23.1 Å². The van der Waals surface area contributed by atoms with Gasteiger partial charge in [-0.15, -0.1) is 0 Å². The Bertz CT molecular complexity index is 1240. The molecule has 1 aliphatic rings. The smallest absolute Gasteiger partial charge is 0.287 e. The van der Waals surface area contributed by atoms with E-state index in [-0.39, 0.29) is 11.8 Å². The Kier molecular flexibility index (Phi) is 5.49. The zero-order valence-corrected chi connectivity index (χ0v) is 17.5. The van der Waals surface area contributed by atoms with Gasteiger partial charge >= 0.3 is 0 Å². The number of hydrogen-bond donors (Lipinski definition) is 1. The Balaban J connectivity index is 1.12. The number of piperidine rings is 1. The van der Waals surface area contributed by atoms with Crippen LogP contribution in [0.5, 0.6) is 0 Å². The van der Waals surface area contributed by atoms with Crippen molar-refractivity contribution in [2.75, 3.05) is 19.6 Å². The van der Waals surface area contributed by atoms with Crippen molar-refractivity contribution in [2.24, 2.45) is 5.92 Å². The van der Waals surface area contributed by atoms with Gasteiger partial charge in [-0.25, -0.2) is 9.97 Å². The average molecular weight is 429 g/mol. The predicted molar refractivity (Wildman–Crippen MR) is 119 cm³/mol. The molecule has 32 heavy (non-hydrogen) atoms. The molecule has 5 rings (SSSR count). The van der Waals surface area contributed by atoms with E-state index in [0.717, 1.165) is 30.0 Å². The monoisotopic (exact) mass is 429 g/mol. The Morgan fingerprint density at radius 3 is 2.78 bits per heavy atom. The van der Waals surface area contributed by atoms with Gasteiger partial charge in [-0.05, 0) is 55.5 Å². The van der Waals surface area contributed by atoms with Gasteiger partial charge in [0.15, 0.2) is 17.0 Å². The van der Waals surface area contributed by atoms with Crippen molar-refractivity contribution in [1.82, 2.24) is 25.2 Å². The van der Waals surface area contributed by atoms with Crippen LogP contribution in [0.4, 0.5) is 0 Å². The third-order valence-corrected chi connectivity index (χ3v) is 6.03. The zero-order chi connectivity index (χ0) is 21.9. The van der Waals surface area contributed by atoms with E-state index in [9.17, 15) is 9.59 Å². The number of likely N-dealkylation sites (tertiary alicyclic amines) is 1. The molecule has 5 heterocycles. The van der Waals surface area contributed by atoms with Gasteiger partial charge < -0.3 is 14.6 Å². The van der Waals surface area contributed by atoms with Gasteiger partial charge in [-0.3, -0.25) is 14.6 Å². The van der Waals surface area contributed by atoms with Gasteiger partial charge in [0.1, 0.15) is 0 Å². The number of carbonyl (C=O) groups excluding carboxylic acids is 2. The maximum absolute atomic E-state index is 13.1. The summed E-state index contributed by atoms with van der Waals surface area (Å²) in [6, 6.07) is 9.02. The predicted octanol–water partition coefficient (Wildman–Crippen LogP) is 3.44. The number of hydrogen-bond acceptors (Lipinski definition) is 6. The molecule has 2 amide bonds. The lowest BCUT2D eigenvalue weighted by Crippen LogP contribution is -2.39. The van der Waals surface area contributed by atoms with E-state index in [1.54, 1.807) is 36.9 Å². The molecular weight excluding hydrogens is 406 g/mol. The molecule has 8 nitrogen and oxygen atoms in total. The molecule has 4 aromatic heterocycles. The number of rotatable bonds is 5. The van der Waals surface area contributed by atoms with Crippen molar-refractivity contribution in [1.29, 1.82) is 0 Å². The summed E-state index contributed by atoms with van der Waals surface area (Å²) in [4.78, 5) is 39.8. The number of aromatic nitrogens is 3. The van der Waals surface area contributed by atoms with E-state index >= 15 is 0 Å². The molecule has 0 bridgehead atoms. The SMILES string of the molecule is O=C(NCCC1CCN(C(=O)c2ccnc3ncccc23)CC1)c1cc2ccncc2o1. The fraction of sp³-hybridized carbons (Fsp3) is 0.292. The standard InChI is InChI=1S/C24H23N5O3/c30-23(20-14-17-4-9-25-15-21(17)32-20)28-10-3-16-6-12-29(13-7-16)24(31)19-5-11-27-22-18(19)2-1-8-26-22/h1-2,4-5,8-9,11,14-16H,3,6-7,10,12-13H2,(H,28,30). The molecule has 162 valence electrons. The van der Waals surface area contributed by atoms with Crippen molar-refractivity contribution in [2.45, 2.75) is 19.3 Å². The summed E-state index contributed by atoms with van der Waals surface area (Å²) in [5, 5.41) is 4.58. The first-order chi connectivity index (χ1) is 15.7. The Morgan fingerprint density at radius 1 is 1.09 bits per heavy atom. The summed E-state index contributed by atoms with van der Waals surface area (Å²) in [6.45, 7) is 1.99. The topological polar surface area (TPSA) is 101 Å². The summed E-state index contributed by atoms with van der Waals surface area (Å²) < 4.78 is 5.56. The van der Waals surface area contributed by atoms with Gasteiger partial charge in [0.2, 0.25) is 0 Å². The van der Waals surface area contributed by atoms with Gasteiger partial charge in [-0.1, -0.05) is 0 Å². The highest BCUT2D eigenvalue weighted by Crippen LogP contribution is 2.24. The van der Waals surface area contributed by atoms with Crippen molar-refractivity contribution < 1.29 is 14.0 Å². The highest BCUT2D eigenvalue weighted by Gasteiger charge is 2.25. The maximum atomic E-state index is 13.1. The molecule has 0 radical (unpaired) electrons. The van der Waals surface area contributed by atoms with Crippen molar-refractivity contribution in [3.63, 3.8) is 0 Å². The lowest BCUT2D eigenvalue weighted by atomic mass is 9.93. The Labute approximate surface area is 184 Å². The molecule has 0 spiro atoms. The minimum absolute atomic E-state index is 0.0246. The first kappa shape index (κ1) is 20.1. The summed E-state index contributed by atoms with van der Waals surface area (Å²) in [5.41, 5.74) is 1.84. The first-order valence-electron chi connectivity index (χ1n) is 10.8. The molecule has 1 saturated heterocycles. The lowest BCUT2D eigenvalue weighted by Gasteiger charge is -2.32. The van der Waals surface area contributed by atoms with Crippen LogP contribution in [0, 0.1) is 5.92 Å². The van der Waals surface area contributed by atoms with Gasteiger partial charge in [0, 0.05) is 49.0 Å². The number of amides is 2. The van der Waals surface area contributed by atoms with E-state index < -0.39 is 0 Å². The number of pyridine rings is 3. The number of furan rings is 1. The molecule has 1 aliphatic heterocycles. The number of carbonyl (C=O) groups is 2. The van der Waals surface area contributed by atoms with Crippen LogP contribution in [-0.4, -0.2) is 51.3 Å². The number of fused-ring (bicyclic) bond motifs is 2. The summed E-state index contributed by atoms with van der Waals surface area (Å²) in [7, 11) is 0. The highest BCUT2D eigenvalue weighted by atomic mass is 16.3. The Hall–Kier alpha value is -3.81. The van der Waals surface area contributed by atoms with Crippen molar-refractivity contribution in [3.8, 4) is 0 Å². The molecule has 1 fully saturated rings. The summed E-state index contributed by atoms with van der Waals surface area (Å²) in [5.74, 6) is 0.575. The highest BCUT2D eigenvalue weighted by molar-refractivity contribution is 6.05. The van der Waals surface area contributed by atoms with Crippen LogP contribution < -0.4 is 5.32 Å². The third kappa shape index (κ3) is 4.03. The second-order valence-electron chi connectivity index (χ2n) is 8.04. The van der Waals surface area contributed by atoms with E-state index in [0.29, 0.717) is 48.1 Å². The lowest BCUT2D eigenvalue weighted by molar-refractivity contribution is 0.0688. The van der Waals surface area contributed by atoms with Crippen molar-refractivity contribution in [3.05, 3.63) is 66.4 Å². The summed E-state index contributed by atoms with van der Waals surface area (Å²) >= 11 is 0. The maximum Gasteiger partial charge on any atom is 0.287 e. The zero-order valence-electron chi connectivity index (χ0n) is 17.5. The molecule has 0 unspecified atom stereocenters. The van der Waals surface area contributed by atoms with E-state index in [2.05, 4.69) is 20.3 Å². The molecule has 0 atom stereocenters. The number of nitrogens with one attached hydrogen (secondary N) is 1. The van der Waals surface area contributed by atoms with Crippen LogP contribution in [0.2, 0.25) is 0 Å². The normalized spacial score (nSPS) is 14.7. The molecular formula is C24H23N5O3. The van der Waals surface area contributed by atoms with Gasteiger partial charge in [0.25, 0.3) is 11.8 Å². The van der Waals surface area contributed by atoms with Crippen LogP contribution in [-0.2, 0) is 0 Å². The van der Waals surface area contributed by atoms with E-state index in [4.69, 9.17) is 4.42 Å². The average Bonchev–Trinajstić information content (AvgIpc) is 3.28. The molecule has 8 heteroatoms. The van der Waals surface area contributed by atoms with Crippen LogP contribution in [0.25, 0.3) is 22.0 Å². The van der Waals surface area contributed by atoms with Crippen LogP contribution in [0.3, 0.4) is 0 Å². The largest absolute Gasteiger partial charge is 0.449 e. The van der Waals surface area contributed by atoms with Gasteiger partial charge in [0.05, 0.1) is 11.8 Å². The van der Waals surface area contributed by atoms with Gasteiger partial charge in [-0.2, -0.15) is 0 Å². The fourth-order valence-electron chi connectivity index (χ4n) is 4.24. The molecule has 0 saturated carbocycles. The minimum Gasteiger partial charge on any atom is -0.449 e.